The minimum absolute atomic E-state index is 0.0982. The fourth-order valence-electron chi connectivity index (χ4n) is 4.30. The maximum Gasteiger partial charge on any atom is 0.149 e. The minimum atomic E-state index is -0.312. The number of halogens is 2. The van der Waals surface area contributed by atoms with E-state index in [2.05, 4.69) is 6.92 Å². The molecule has 0 spiro atoms. The highest BCUT2D eigenvalue weighted by atomic mass is 35.5. The number of ether oxygens (including phenoxy) is 2. The lowest BCUT2D eigenvalue weighted by Gasteiger charge is -2.29. The van der Waals surface area contributed by atoms with Gasteiger partial charge in [-0.2, -0.15) is 0 Å². The summed E-state index contributed by atoms with van der Waals surface area (Å²) in [6, 6.07) is 11.3. The number of rotatable bonds is 9. The third-order valence-corrected chi connectivity index (χ3v) is 6.48. The zero-order valence-corrected chi connectivity index (χ0v) is 18.3. The van der Waals surface area contributed by atoms with Crippen LogP contribution in [0.4, 0.5) is 4.39 Å². The SMILES string of the molecule is CCCCCC1CCC(c2ccc(OCc3ccc(OC)cc3)c(Cl)c2F)CC1. The number of unbranched alkanes of at least 4 members (excludes halogenated alkanes) is 2. The van der Waals surface area contributed by atoms with Crippen molar-refractivity contribution in [3.8, 4) is 11.5 Å². The Labute approximate surface area is 179 Å². The molecule has 2 aromatic rings. The van der Waals surface area contributed by atoms with Crippen LogP contribution in [0, 0.1) is 11.7 Å². The normalized spacial score (nSPS) is 19.2. The molecule has 0 unspecified atom stereocenters. The van der Waals surface area contributed by atoms with Crippen molar-refractivity contribution < 1.29 is 13.9 Å². The molecule has 2 nitrogen and oxygen atoms in total. The zero-order chi connectivity index (χ0) is 20.6. The second-order valence-corrected chi connectivity index (χ2v) is 8.51. The quantitative estimate of drug-likeness (QED) is 0.385. The Morgan fingerprint density at radius 1 is 1.00 bits per heavy atom. The lowest BCUT2D eigenvalue weighted by Crippen LogP contribution is -2.14. The van der Waals surface area contributed by atoms with Gasteiger partial charge in [0.05, 0.1) is 7.11 Å². The van der Waals surface area contributed by atoms with Crippen molar-refractivity contribution in [1.29, 1.82) is 0 Å². The van der Waals surface area contributed by atoms with E-state index in [1.54, 1.807) is 7.11 Å². The van der Waals surface area contributed by atoms with Gasteiger partial charge in [-0.15, -0.1) is 0 Å². The molecule has 1 saturated carbocycles. The van der Waals surface area contributed by atoms with Crippen LogP contribution in [0.3, 0.4) is 0 Å². The highest BCUT2D eigenvalue weighted by Gasteiger charge is 2.26. The van der Waals surface area contributed by atoms with E-state index in [1.807, 2.05) is 36.4 Å². The Morgan fingerprint density at radius 3 is 2.38 bits per heavy atom. The summed E-state index contributed by atoms with van der Waals surface area (Å²) in [7, 11) is 1.63. The maximum atomic E-state index is 15.0. The molecule has 1 aliphatic rings. The highest BCUT2D eigenvalue weighted by molar-refractivity contribution is 6.32. The number of methoxy groups -OCH3 is 1. The number of hydrogen-bond acceptors (Lipinski definition) is 2. The van der Waals surface area contributed by atoms with Gasteiger partial charge in [0, 0.05) is 0 Å². The van der Waals surface area contributed by atoms with Crippen molar-refractivity contribution in [2.75, 3.05) is 7.11 Å². The van der Waals surface area contributed by atoms with E-state index >= 15 is 0 Å². The Morgan fingerprint density at radius 2 is 1.72 bits per heavy atom. The molecule has 4 heteroatoms. The molecule has 0 radical (unpaired) electrons. The van der Waals surface area contributed by atoms with E-state index in [1.165, 1.54) is 38.5 Å². The molecule has 158 valence electrons. The van der Waals surface area contributed by atoms with Crippen LogP contribution in [0.2, 0.25) is 5.02 Å². The first kappa shape index (κ1) is 22.0. The van der Waals surface area contributed by atoms with Gasteiger partial charge in [0.25, 0.3) is 0 Å². The van der Waals surface area contributed by atoms with Crippen LogP contribution < -0.4 is 9.47 Å². The van der Waals surface area contributed by atoms with E-state index in [-0.39, 0.29) is 16.8 Å². The molecular formula is C25H32ClFO2. The number of hydrogen-bond donors (Lipinski definition) is 0. The van der Waals surface area contributed by atoms with Crippen molar-refractivity contribution in [1.82, 2.24) is 0 Å². The summed E-state index contributed by atoms with van der Waals surface area (Å²) in [6.07, 6.45) is 9.73. The van der Waals surface area contributed by atoms with Crippen LogP contribution in [-0.4, -0.2) is 7.11 Å². The summed E-state index contributed by atoms with van der Waals surface area (Å²) < 4.78 is 25.9. The summed E-state index contributed by atoms with van der Waals surface area (Å²) in [5.41, 5.74) is 1.73. The van der Waals surface area contributed by atoms with Crippen molar-refractivity contribution >= 4 is 11.6 Å². The summed E-state index contributed by atoms with van der Waals surface area (Å²) in [5.74, 6) is 1.96. The van der Waals surface area contributed by atoms with Crippen LogP contribution in [0.25, 0.3) is 0 Å². The largest absolute Gasteiger partial charge is 0.497 e. The third kappa shape index (κ3) is 5.88. The highest BCUT2D eigenvalue weighted by Crippen LogP contribution is 2.41. The monoisotopic (exact) mass is 418 g/mol. The summed E-state index contributed by atoms with van der Waals surface area (Å²) >= 11 is 6.32. The second kappa shape index (κ2) is 10.9. The molecule has 0 N–H and O–H groups in total. The van der Waals surface area contributed by atoms with Gasteiger partial charge in [0.15, 0.2) is 0 Å². The van der Waals surface area contributed by atoms with E-state index in [0.29, 0.717) is 12.4 Å². The van der Waals surface area contributed by atoms with Crippen molar-refractivity contribution in [2.24, 2.45) is 5.92 Å². The van der Waals surface area contributed by atoms with Crippen molar-refractivity contribution in [2.45, 2.75) is 70.8 Å². The van der Waals surface area contributed by atoms with Gasteiger partial charge < -0.3 is 9.47 Å². The van der Waals surface area contributed by atoms with Crippen LogP contribution in [0.5, 0.6) is 11.5 Å². The Hall–Kier alpha value is -1.74. The molecule has 0 amide bonds. The summed E-state index contributed by atoms with van der Waals surface area (Å²) in [6.45, 7) is 2.58. The Bertz CT molecular complexity index is 767. The molecule has 29 heavy (non-hydrogen) atoms. The summed E-state index contributed by atoms with van der Waals surface area (Å²) in [4.78, 5) is 0. The van der Waals surface area contributed by atoms with Crippen LogP contribution in [0.15, 0.2) is 36.4 Å². The number of benzene rings is 2. The molecular weight excluding hydrogens is 387 g/mol. The van der Waals surface area contributed by atoms with E-state index in [9.17, 15) is 4.39 Å². The van der Waals surface area contributed by atoms with Gasteiger partial charge >= 0.3 is 0 Å². The maximum absolute atomic E-state index is 15.0. The lowest BCUT2D eigenvalue weighted by molar-refractivity contribution is 0.295. The Kier molecular flexibility index (Phi) is 8.23. The van der Waals surface area contributed by atoms with Gasteiger partial charge in [-0.05, 0) is 66.8 Å². The average molecular weight is 419 g/mol. The predicted octanol–water partition coefficient (Wildman–Crippen LogP) is 7.92. The molecule has 0 aliphatic heterocycles. The molecule has 3 rings (SSSR count). The van der Waals surface area contributed by atoms with Crippen molar-refractivity contribution in [3.05, 3.63) is 58.4 Å². The van der Waals surface area contributed by atoms with Crippen LogP contribution >= 0.6 is 11.6 Å². The first-order valence-corrected chi connectivity index (χ1v) is 11.2. The molecule has 2 aromatic carbocycles. The van der Waals surface area contributed by atoms with Crippen LogP contribution in [-0.2, 0) is 6.61 Å². The molecule has 0 saturated heterocycles. The zero-order valence-electron chi connectivity index (χ0n) is 17.6. The molecule has 0 atom stereocenters. The average Bonchev–Trinajstić information content (AvgIpc) is 2.76. The Balaban J connectivity index is 1.57. The topological polar surface area (TPSA) is 18.5 Å². The molecule has 0 heterocycles. The van der Waals surface area contributed by atoms with Crippen molar-refractivity contribution in [3.63, 3.8) is 0 Å². The van der Waals surface area contributed by atoms with Gasteiger partial charge in [-0.1, -0.05) is 62.4 Å². The minimum Gasteiger partial charge on any atom is -0.497 e. The standard InChI is InChI=1S/C25H32ClFO2/c1-3-4-5-6-18-7-11-20(12-8-18)22-15-16-23(24(26)25(22)27)29-17-19-9-13-21(28-2)14-10-19/h9-10,13-16,18,20H,3-8,11-12,17H2,1-2H3. The van der Waals surface area contributed by atoms with Crippen LogP contribution in [0.1, 0.15) is 75.3 Å². The fourth-order valence-corrected chi connectivity index (χ4v) is 4.53. The first-order valence-electron chi connectivity index (χ1n) is 10.9. The smallest absolute Gasteiger partial charge is 0.149 e. The predicted molar refractivity (Wildman–Crippen MR) is 118 cm³/mol. The van der Waals surface area contributed by atoms with Gasteiger partial charge in [0.2, 0.25) is 0 Å². The molecule has 0 bridgehead atoms. The van der Waals surface area contributed by atoms with E-state index < -0.39 is 0 Å². The molecule has 1 fully saturated rings. The van der Waals surface area contributed by atoms with E-state index in [0.717, 1.165) is 35.6 Å². The van der Waals surface area contributed by atoms with Gasteiger partial charge in [0.1, 0.15) is 28.9 Å². The lowest BCUT2D eigenvalue weighted by atomic mass is 9.77. The van der Waals surface area contributed by atoms with Gasteiger partial charge in [-0.25, -0.2) is 4.39 Å². The fraction of sp³-hybridized carbons (Fsp3) is 0.520. The molecule has 0 aromatic heterocycles. The third-order valence-electron chi connectivity index (χ3n) is 6.13. The van der Waals surface area contributed by atoms with Gasteiger partial charge in [-0.3, -0.25) is 0 Å². The summed E-state index contributed by atoms with van der Waals surface area (Å²) in [5, 5.41) is 0.0982. The first-order chi connectivity index (χ1) is 14.1. The second-order valence-electron chi connectivity index (χ2n) is 8.13. The van der Waals surface area contributed by atoms with E-state index in [4.69, 9.17) is 21.1 Å². The molecule has 1 aliphatic carbocycles.